The molecule has 0 aromatic carbocycles. The van der Waals surface area contributed by atoms with Gasteiger partial charge >= 0.3 is 51.4 Å². The monoisotopic (exact) mass is 143 g/mol. The number of hydrogen-bond donors (Lipinski definition) is 3. The second kappa shape index (κ2) is 96.5. The standard InChI is InChI=1S/CH2NO.2CH4N.K/c2-1-3;2*1-2;/h(H2,2,3);2*1-2H2;/q3*-1;+1. The maximum atomic E-state index is 8.46. The van der Waals surface area contributed by atoms with Crippen LogP contribution in [0.3, 0.4) is 0 Å². The van der Waals surface area contributed by atoms with Crippen LogP contribution in [0, 0.1) is 14.1 Å². The third-order valence-electron chi connectivity index (χ3n) is 0. The Morgan fingerprint density at radius 3 is 1.12 bits per heavy atom. The minimum absolute atomic E-state index is 0. The zero-order valence-corrected chi connectivity index (χ0v) is 8.18. The summed E-state index contributed by atoms with van der Waals surface area (Å²) in [5, 5.41) is 0. The zero-order chi connectivity index (χ0) is 6.71. The number of rotatable bonds is 0. The molecule has 0 rings (SSSR count). The molecule has 0 heterocycles. The minimum atomic E-state index is 0. The van der Waals surface area contributed by atoms with Gasteiger partial charge in [-0.3, -0.25) is 14.1 Å². The van der Waals surface area contributed by atoms with Crippen molar-refractivity contribution < 1.29 is 56.2 Å². The predicted octanol–water partition coefficient (Wildman–Crippen LogP) is -4.51. The Bertz CT molecular complexity index is 22.0. The van der Waals surface area contributed by atoms with Crippen LogP contribution < -0.4 is 68.6 Å². The Kier molecular flexibility index (Phi) is 278. The van der Waals surface area contributed by atoms with Gasteiger partial charge in [0.2, 0.25) is 0 Å². The maximum Gasteiger partial charge on any atom is 1.00 e. The second-order valence-corrected chi connectivity index (χ2v) is 0.118. The molecule has 0 radical (unpaired) electrons. The van der Waals surface area contributed by atoms with Crippen LogP contribution >= 0.6 is 0 Å². The van der Waals surface area contributed by atoms with Gasteiger partial charge in [0.1, 0.15) is 0 Å². The molecule has 0 aliphatic rings. The van der Waals surface area contributed by atoms with E-state index in [1.165, 1.54) is 0 Å². The van der Waals surface area contributed by atoms with E-state index in [0.29, 0.717) is 0 Å². The van der Waals surface area contributed by atoms with Crippen LogP contribution in [-0.2, 0) is 4.79 Å². The Balaban J connectivity index is -0.0000000147. The van der Waals surface area contributed by atoms with Gasteiger partial charge in [-0.1, -0.05) is 0 Å². The number of amides is 1. The van der Waals surface area contributed by atoms with Gasteiger partial charge < -0.3 is 22.0 Å². The van der Waals surface area contributed by atoms with E-state index in [4.69, 9.17) is 4.79 Å². The summed E-state index contributed by atoms with van der Waals surface area (Å²) >= 11 is 0. The SMILES string of the molecule is N[C-]=O.[CH2-]N.[CH2-]N.[K+]. The molecule has 0 aromatic rings. The van der Waals surface area contributed by atoms with E-state index < -0.39 is 0 Å². The van der Waals surface area contributed by atoms with Crippen LogP contribution in [0.1, 0.15) is 0 Å². The molecule has 0 atom stereocenters. The molecule has 4 nitrogen and oxygen atoms in total. The Labute approximate surface area is 92.6 Å². The molecule has 0 saturated carbocycles. The molecule has 0 bridgehead atoms. The number of hydrogen-bond acceptors (Lipinski definition) is 3. The Hall–Kier alpha value is 1.03. The van der Waals surface area contributed by atoms with E-state index in [0.717, 1.165) is 6.41 Å². The normalized spacial score (nSPS) is 3.00. The quantitative estimate of drug-likeness (QED) is 0.181. The van der Waals surface area contributed by atoms with E-state index in [-0.39, 0.29) is 51.4 Å². The molecular weight excluding hydrogens is 133 g/mol. The Morgan fingerprint density at radius 2 is 1.12 bits per heavy atom. The van der Waals surface area contributed by atoms with Crippen LogP contribution in [0.15, 0.2) is 0 Å². The summed E-state index contributed by atoms with van der Waals surface area (Å²) in [6.07, 6.45) is 1.00. The summed E-state index contributed by atoms with van der Waals surface area (Å²) in [5.41, 5.74) is 12.5. The van der Waals surface area contributed by atoms with E-state index >= 15 is 0 Å². The first kappa shape index (κ1) is 23.0. The molecule has 0 aromatic heterocycles. The van der Waals surface area contributed by atoms with Crippen LogP contribution in [0.25, 0.3) is 0 Å². The summed E-state index contributed by atoms with van der Waals surface area (Å²) in [6.45, 7) is 0. The fourth-order valence-corrected chi connectivity index (χ4v) is 0. The van der Waals surface area contributed by atoms with E-state index in [1.54, 1.807) is 0 Å². The Morgan fingerprint density at radius 1 is 1.12 bits per heavy atom. The molecule has 0 fully saturated rings. The predicted molar refractivity (Wildman–Crippen MR) is 29.0 cm³/mol. The zero-order valence-electron chi connectivity index (χ0n) is 5.05. The van der Waals surface area contributed by atoms with E-state index in [9.17, 15) is 0 Å². The average molecular weight is 143 g/mol. The summed E-state index contributed by atoms with van der Waals surface area (Å²) < 4.78 is 0. The molecule has 0 saturated heterocycles. The number of carbonyl (C=O) groups excluding carboxylic acids is 1. The van der Waals surface area contributed by atoms with Crippen molar-refractivity contribution in [3.05, 3.63) is 14.1 Å². The number of primary amides is 1. The molecule has 1 amide bonds. The summed E-state index contributed by atoms with van der Waals surface area (Å²) in [7, 11) is 5.50. The third kappa shape index (κ3) is 242. The molecule has 0 spiro atoms. The first-order valence-electron chi connectivity index (χ1n) is 1.31. The van der Waals surface area contributed by atoms with Crippen molar-refractivity contribution in [2.45, 2.75) is 0 Å². The van der Waals surface area contributed by atoms with Crippen molar-refractivity contribution in [2.24, 2.45) is 17.2 Å². The smallest absolute Gasteiger partial charge is 0.543 e. The first-order valence-corrected chi connectivity index (χ1v) is 1.31. The molecule has 0 aliphatic heterocycles. The first-order chi connectivity index (χ1) is 3.41. The maximum absolute atomic E-state index is 8.46. The molecule has 0 unspecified atom stereocenters. The molecule has 5 heteroatoms. The van der Waals surface area contributed by atoms with Crippen molar-refractivity contribution in [1.29, 1.82) is 0 Å². The molecule has 0 aliphatic carbocycles. The topological polar surface area (TPSA) is 95.1 Å². The molecule has 8 heavy (non-hydrogen) atoms. The third-order valence-corrected chi connectivity index (χ3v) is 0. The summed E-state index contributed by atoms with van der Waals surface area (Å²) in [4.78, 5) is 8.46. The van der Waals surface area contributed by atoms with Crippen molar-refractivity contribution >= 4 is 6.41 Å². The van der Waals surface area contributed by atoms with Gasteiger partial charge in [0.15, 0.2) is 0 Å². The fraction of sp³-hybridized carbons (Fsp3) is 0. The molecule has 46 valence electrons. The summed E-state index contributed by atoms with van der Waals surface area (Å²) in [6, 6.07) is 0. The largest absolute Gasteiger partial charge is 1.00 e. The van der Waals surface area contributed by atoms with Crippen LogP contribution in [0.4, 0.5) is 0 Å². The van der Waals surface area contributed by atoms with Gasteiger partial charge in [-0.15, -0.1) is 0 Å². The van der Waals surface area contributed by atoms with Crippen molar-refractivity contribution in [1.82, 2.24) is 0 Å². The van der Waals surface area contributed by atoms with Gasteiger partial charge in [-0.25, -0.2) is 0 Å². The van der Waals surface area contributed by atoms with Gasteiger partial charge in [0, 0.05) is 0 Å². The van der Waals surface area contributed by atoms with Crippen LogP contribution in [0.2, 0.25) is 0 Å². The van der Waals surface area contributed by atoms with E-state index in [2.05, 4.69) is 31.3 Å². The van der Waals surface area contributed by atoms with Gasteiger partial charge in [0.25, 0.3) is 0 Å². The number of nitrogens with two attached hydrogens (primary N) is 3. The van der Waals surface area contributed by atoms with Gasteiger partial charge in [0.05, 0.1) is 0 Å². The van der Waals surface area contributed by atoms with Gasteiger partial charge in [-0.2, -0.15) is 6.41 Å². The van der Waals surface area contributed by atoms with Crippen molar-refractivity contribution in [3.8, 4) is 0 Å². The average Bonchev–Trinajstić information content (AvgIpc) is 1.78. The van der Waals surface area contributed by atoms with Crippen molar-refractivity contribution in [3.63, 3.8) is 0 Å². The van der Waals surface area contributed by atoms with Crippen LogP contribution in [-0.4, -0.2) is 6.41 Å². The minimum Gasteiger partial charge on any atom is -0.543 e. The fourth-order valence-electron chi connectivity index (χ4n) is 0. The summed E-state index contributed by atoms with van der Waals surface area (Å²) in [5.74, 6) is 0. The van der Waals surface area contributed by atoms with E-state index in [1.807, 2.05) is 0 Å². The van der Waals surface area contributed by atoms with Crippen molar-refractivity contribution in [2.75, 3.05) is 0 Å². The molecule has 6 N–H and O–H groups in total. The second-order valence-electron chi connectivity index (χ2n) is 0.118. The van der Waals surface area contributed by atoms with Crippen LogP contribution in [0.5, 0.6) is 0 Å². The van der Waals surface area contributed by atoms with Gasteiger partial charge in [-0.05, 0) is 0 Å². The molecular formula is C3H10KN3O-2.